The number of phosphoric acid groups is 1. The number of carbonyl (C=O) groups excluding carboxylic acids is 2. The normalized spacial score (nSPS) is 15.0. The van der Waals surface area contributed by atoms with Crippen LogP contribution >= 0.6 is 7.82 Å². The van der Waals surface area contributed by atoms with Crippen LogP contribution in [-0.2, 0) is 32.7 Å². The van der Waals surface area contributed by atoms with E-state index in [-0.39, 0.29) is 12.8 Å². The Morgan fingerprint density at radius 3 is 1.47 bits per heavy atom. The van der Waals surface area contributed by atoms with Crippen LogP contribution in [0.5, 0.6) is 0 Å². The van der Waals surface area contributed by atoms with Crippen molar-refractivity contribution in [3.8, 4) is 0 Å². The SMILES string of the molecule is CCCCCCCC(=O)OC(CO)COP(=O)(O)OCC(CO)OC(=O)CCCCCC. The van der Waals surface area contributed by atoms with Crippen molar-refractivity contribution in [2.75, 3.05) is 26.4 Å². The van der Waals surface area contributed by atoms with Gasteiger partial charge in [-0.25, -0.2) is 4.57 Å². The summed E-state index contributed by atoms with van der Waals surface area (Å²) in [5, 5.41) is 18.6. The van der Waals surface area contributed by atoms with Crippen LogP contribution in [0, 0.1) is 0 Å². The Kier molecular flexibility index (Phi) is 18.8. The lowest BCUT2D eigenvalue weighted by molar-refractivity contribution is -0.153. The number of rotatable bonds is 21. The second-order valence-electron chi connectivity index (χ2n) is 7.62. The Balaban J connectivity index is 4.25. The van der Waals surface area contributed by atoms with Crippen molar-refractivity contribution in [1.29, 1.82) is 0 Å². The van der Waals surface area contributed by atoms with Gasteiger partial charge in [-0.2, -0.15) is 0 Å². The average Bonchev–Trinajstić information content (AvgIpc) is 2.76. The predicted molar refractivity (Wildman–Crippen MR) is 118 cm³/mol. The summed E-state index contributed by atoms with van der Waals surface area (Å²) in [6.45, 7) is 1.87. The van der Waals surface area contributed by atoms with Crippen molar-refractivity contribution in [2.45, 2.75) is 96.7 Å². The molecule has 0 saturated heterocycles. The molecule has 3 atom stereocenters. The number of aliphatic hydroxyl groups is 2. The first-order valence-electron chi connectivity index (χ1n) is 11.5. The molecule has 0 radical (unpaired) electrons. The molecule has 0 aromatic carbocycles. The van der Waals surface area contributed by atoms with Crippen molar-refractivity contribution < 1.29 is 47.8 Å². The van der Waals surface area contributed by atoms with E-state index in [1.165, 1.54) is 0 Å². The fourth-order valence-electron chi connectivity index (χ4n) is 2.70. The van der Waals surface area contributed by atoms with Crippen LogP contribution in [0.25, 0.3) is 0 Å². The molecule has 0 saturated carbocycles. The molecular formula is C21H41O10P. The first-order chi connectivity index (χ1) is 15.3. The van der Waals surface area contributed by atoms with Crippen molar-refractivity contribution in [2.24, 2.45) is 0 Å². The Labute approximate surface area is 191 Å². The van der Waals surface area contributed by atoms with Gasteiger partial charge in [-0.15, -0.1) is 0 Å². The summed E-state index contributed by atoms with van der Waals surface area (Å²) in [6, 6.07) is 0. The summed E-state index contributed by atoms with van der Waals surface area (Å²) in [5.74, 6) is -1.05. The molecule has 0 aliphatic carbocycles. The summed E-state index contributed by atoms with van der Waals surface area (Å²) in [6.07, 6.45) is 6.53. The number of hydrogen-bond donors (Lipinski definition) is 3. The molecule has 0 amide bonds. The molecule has 190 valence electrons. The van der Waals surface area contributed by atoms with Gasteiger partial charge >= 0.3 is 19.8 Å². The van der Waals surface area contributed by atoms with Crippen LogP contribution in [0.15, 0.2) is 0 Å². The van der Waals surface area contributed by atoms with Gasteiger partial charge in [0.25, 0.3) is 0 Å². The summed E-state index contributed by atoms with van der Waals surface area (Å²) in [5.41, 5.74) is 0. The lowest BCUT2D eigenvalue weighted by Gasteiger charge is -2.20. The number of carbonyl (C=O) groups is 2. The maximum atomic E-state index is 12.0. The Morgan fingerprint density at radius 1 is 0.719 bits per heavy atom. The van der Waals surface area contributed by atoms with Gasteiger partial charge in [0, 0.05) is 12.8 Å². The second-order valence-corrected chi connectivity index (χ2v) is 9.08. The molecule has 0 bridgehead atoms. The minimum atomic E-state index is -4.58. The maximum absolute atomic E-state index is 12.0. The first kappa shape index (κ1) is 31.0. The third-order valence-corrected chi connectivity index (χ3v) is 5.52. The molecule has 0 fully saturated rings. The smallest absolute Gasteiger partial charge is 0.457 e. The van der Waals surface area contributed by atoms with E-state index in [2.05, 4.69) is 13.8 Å². The molecule has 11 heteroatoms. The van der Waals surface area contributed by atoms with Crippen LogP contribution < -0.4 is 0 Å². The van der Waals surface area contributed by atoms with Gasteiger partial charge in [0.05, 0.1) is 26.4 Å². The number of ether oxygens (including phenoxy) is 2. The zero-order valence-electron chi connectivity index (χ0n) is 19.4. The molecule has 10 nitrogen and oxygen atoms in total. The average molecular weight is 485 g/mol. The van der Waals surface area contributed by atoms with E-state index in [4.69, 9.17) is 18.5 Å². The van der Waals surface area contributed by atoms with Gasteiger partial charge in [0.15, 0.2) is 0 Å². The second kappa shape index (κ2) is 19.4. The van der Waals surface area contributed by atoms with E-state index >= 15 is 0 Å². The van der Waals surface area contributed by atoms with E-state index in [1.807, 2.05) is 0 Å². The van der Waals surface area contributed by atoms with Crippen molar-refractivity contribution >= 4 is 19.8 Å². The van der Waals surface area contributed by atoms with E-state index < -0.39 is 58.4 Å². The quantitative estimate of drug-likeness (QED) is 0.126. The number of aliphatic hydroxyl groups excluding tert-OH is 2. The number of phosphoric ester groups is 1. The third-order valence-electron chi connectivity index (χ3n) is 4.57. The van der Waals surface area contributed by atoms with Crippen LogP contribution in [-0.4, -0.2) is 65.7 Å². The van der Waals surface area contributed by atoms with E-state index in [9.17, 15) is 29.3 Å². The van der Waals surface area contributed by atoms with Crippen LogP contribution in [0.2, 0.25) is 0 Å². The fraction of sp³-hybridized carbons (Fsp3) is 0.905. The van der Waals surface area contributed by atoms with E-state index in [0.29, 0.717) is 12.8 Å². The van der Waals surface area contributed by atoms with Crippen LogP contribution in [0.1, 0.15) is 84.5 Å². The molecule has 0 rings (SSSR count). The highest BCUT2D eigenvalue weighted by Crippen LogP contribution is 2.43. The first-order valence-corrected chi connectivity index (χ1v) is 13.0. The van der Waals surface area contributed by atoms with Crippen LogP contribution in [0.4, 0.5) is 0 Å². The summed E-state index contributed by atoms with van der Waals surface area (Å²) >= 11 is 0. The molecule has 0 aromatic heterocycles. The lowest BCUT2D eigenvalue weighted by Crippen LogP contribution is -2.28. The summed E-state index contributed by atoms with van der Waals surface area (Å²) in [7, 11) is -4.58. The van der Waals surface area contributed by atoms with E-state index in [0.717, 1.165) is 44.9 Å². The maximum Gasteiger partial charge on any atom is 0.472 e. The number of esters is 2. The Hall–Kier alpha value is -1.03. The number of hydrogen-bond acceptors (Lipinski definition) is 9. The minimum absolute atomic E-state index is 0.186. The molecule has 0 aliphatic heterocycles. The zero-order valence-corrected chi connectivity index (χ0v) is 20.3. The molecule has 32 heavy (non-hydrogen) atoms. The minimum Gasteiger partial charge on any atom is -0.457 e. The van der Waals surface area contributed by atoms with Crippen LogP contribution in [0.3, 0.4) is 0 Å². The molecule has 0 aliphatic rings. The Morgan fingerprint density at radius 2 is 1.09 bits per heavy atom. The summed E-state index contributed by atoms with van der Waals surface area (Å²) in [4.78, 5) is 33.3. The van der Waals surface area contributed by atoms with Gasteiger partial charge < -0.3 is 24.6 Å². The van der Waals surface area contributed by atoms with Gasteiger partial charge in [-0.3, -0.25) is 18.6 Å². The largest absolute Gasteiger partial charge is 0.472 e. The molecule has 3 unspecified atom stereocenters. The van der Waals surface area contributed by atoms with E-state index in [1.54, 1.807) is 0 Å². The van der Waals surface area contributed by atoms with Crippen molar-refractivity contribution in [1.82, 2.24) is 0 Å². The van der Waals surface area contributed by atoms with Gasteiger partial charge in [-0.05, 0) is 12.8 Å². The molecule has 0 heterocycles. The highest BCUT2D eigenvalue weighted by molar-refractivity contribution is 7.47. The highest BCUT2D eigenvalue weighted by Gasteiger charge is 2.27. The van der Waals surface area contributed by atoms with Crippen molar-refractivity contribution in [3.05, 3.63) is 0 Å². The highest BCUT2D eigenvalue weighted by atomic mass is 31.2. The molecular weight excluding hydrogens is 443 g/mol. The number of unbranched alkanes of at least 4 members (excludes halogenated alkanes) is 7. The molecule has 0 aromatic rings. The molecule has 0 spiro atoms. The lowest BCUT2D eigenvalue weighted by atomic mass is 10.1. The Bertz CT molecular complexity index is 543. The molecule has 3 N–H and O–H groups in total. The third kappa shape index (κ3) is 17.5. The topological polar surface area (TPSA) is 149 Å². The predicted octanol–water partition coefficient (Wildman–Crippen LogP) is 3.26. The fourth-order valence-corrected chi connectivity index (χ4v) is 3.48. The van der Waals surface area contributed by atoms with Gasteiger partial charge in [0.1, 0.15) is 12.2 Å². The van der Waals surface area contributed by atoms with Gasteiger partial charge in [0.2, 0.25) is 0 Å². The monoisotopic (exact) mass is 484 g/mol. The van der Waals surface area contributed by atoms with Crippen molar-refractivity contribution in [3.63, 3.8) is 0 Å². The summed E-state index contributed by atoms with van der Waals surface area (Å²) < 4.78 is 31.6. The standard InChI is InChI=1S/C21H41O10P/c1-3-5-7-9-11-13-21(25)31-19(15-23)17-29-32(26,27)28-16-18(14-22)30-20(24)12-10-8-6-4-2/h18-19,22-23H,3-17H2,1-2H3,(H,26,27). The zero-order chi connectivity index (χ0) is 24.2. The van der Waals surface area contributed by atoms with Gasteiger partial charge in [-0.1, -0.05) is 58.8 Å².